The molecule has 0 radical (unpaired) electrons. The highest BCUT2D eigenvalue weighted by Gasteiger charge is 2.31. The van der Waals surface area contributed by atoms with Gasteiger partial charge in [-0.15, -0.1) is 0 Å². The van der Waals surface area contributed by atoms with E-state index in [1.165, 1.54) is 0 Å². The molecule has 2 rings (SSSR count). The smallest absolute Gasteiger partial charge is 0.240 e. The van der Waals surface area contributed by atoms with E-state index in [0.717, 1.165) is 24.9 Å². The first-order valence-corrected chi connectivity index (χ1v) is 8.12. The van der Waals surface area contributed by atoms with E-state index in [-0.39, 0.29) is 18.0 Å². The van der Waals surface area contributed by atoms with Crippen LogP contribution in [0.5, 0.6) is 0 Å². The number of halogens is 2. The zero-order valence-electron chi connectivity index (χ0n) is 12.7. The van der Waals surface area contributed by atoms with Crippen LogP contribution in [-0.4, -0.2) is 30.4 Å². The molecular weight excluding hydrogens is 307 g/mol. The zero-order chi connectivity index (χ0) is 15.6. The van der Waals surface area contributed by atoms with Gasteiger partial charge >= 0.3 is 0 Å². The number of piperidine rings is 1. The van der Waals surface area contributed by atoms with Gasteiger partial charge in [0.15, 0.2) is 0 Å². The van der Waals surface area contributed by atoms with E-state index in [2.05, 4.69) is 12.2 Å². The fourth-order valence-electron chi connectivity index (χ4n) is 2.84. The second-order valence-electron chi connectivity index (χ2n) is 5.84. The van der Waals surface area contributed by atoms with Gasteiger partial charge in [-0.25, -0.2) is 0 Å². The van der Waals surface area contributed by atoms with Crippen molar-refractivity contribution in [3.8, 4) is 0 Å². The van der Waals surface area contributed by atoms with Crippen molar-refractivity contribution in [1.82, 2.24) is 10.2 Å². The molecule has 5 heteroatoms. The van der Waals surface area contributed by atoms with Gasteiger partial charge in [0.25, 0.3) is 0 Å². The number of rotatable bonds is 3. The third kappa shape index (κ3) is 3.71. The Labute approximate surface area is 136 Å². The normalized spacial score (nSPS) is 23.7. The molecule has 116 valence electrons. The molecule has 0 aliphatic carbocycles. The monoisotopic (exact) mass is 328 g/mol. The Kier molecular flexibility index (Phi) is 5.53. The minimum Gasteiger partial charge on any atom is -0.338 e. The first-order chi connectivity index (χ1) is 9.91. The molecule has 1 amide bonds. The Hall–Kier alpha value is -0.770. The Morgan fingerprint density at radius 1 is 1.43 bits per heavy atom. The van der Waals surface area contributed by atoms with Crippen molar-refractivity contribution in [3.05, 3.63) is 33.8 Å². The van der Waals surface area contributed by atoms with Crippen LogP contribution in [0.25, 0.3) is 0 Å². The SMILES string of the molecule is CC1CCCNC1C(=O)N(C)C(C)c1ccc(Cl)cc1Cl. The van der Waals surface area contributed by atoms with E-state index in [9.17, 15) is 4.79 Å². The van der Waals surface area contributed by atoms with Gasteiger partial charge in [-0.05, 0) is 49.9 Å². The second kappa shape index (κ2) is 6.99. The molecule has 3 unspecified atom stereocenters. The molecule has 1 aliphatic rings. The van der Waals surface area contributed by atoms with Crippen LogP contribution in [0, 0.1) is 5.92 Å². The van der Waals surface area contributed by atoms with Gasteiger partial charge in [-0.3, -0.25) is 4.79 Å². The van der Waals surface area contributed by atoms with Crippen molar-refractivity contribution < 1.29 is 4.79 Å². The first-order valence-electron chi connectivity index (χ1n) is 7.37. The number of likely N-dealkylation sites (N-methyl/N-ethyl adjacent to an activating group) is 1. The summed E-state index contributed by atoms with van der Waals surface area (Å²) in [4.78, 5) is 14.5. The van der Waals surface area contributed by atoms with Crippen molar-refractivity contribution in [2.75, 3.05) is 13.6 Å². The third-order valence-corrected chi connectivity index (χ3v) is 4.94. The molecule has 1 heterocycles. The lowest BCUT2D eigenvalue weighted by Crippen LogP contribution is -2.51. The Bertz CT molecular complexity index is 521. The molecule has 0 aromatic heterocycles. The molecule has 3 atom stereocenters. The van der Waals surface area contributed by atoms with Crippen molar-refractivity contribution in [1.29, 1.82) is 0 Å². The largest absolute Gasteiger partial charge is 0.338 e. The van der Waals surface area contributed by atoms with Gasteiger partial charge in [0.05, 0.1) is 12.1 Å². The van der Waals surface area contributed by atoms with E-state index in [4.69, 9.17) is 23.2 Å². The maximum atomic E-state index is 12.7. The van der Waals surface area contributed by atoms with E-state index < -0.39 is 0 Å². The molecular formula is C16H22Cl2N2O. The average Bonchev–Trinajstić information content (AvgIpc) is 2.45. The molecule has 1 aliphatic heterocycles. The first kappa shape index (κ1) is 16.6. The number of hydrogen-bond acceptors (Lipinski definition) is 2. The summed E-state index contributed by atoms with van der Waals surface area (Å²) in [6, 6.07) is 5.22. The lowest BCUT2D eigenvalue weighted by atomic mass is 9.91. The number of nitrogens with one attached hydrogen (secondary N) is 1. The topological polar surface area (TPSA) is 32.3 Å². The van der Waals surface area contributed by atoms with Crippen molar-refractivity contribution in [2.24, 2.45) is 5.92 Å². The Morgan fingerprint density at radius 2 is 2.14 bits per heavy atom. The van der Waals surface area contributed by atoms with Crippen LogP contribution in [0.1, 0.15) is 38.3 Å². The maximum Gasteiger partial charge on any atom is 0.240 e. The van der Waals surface area contributed by atoms with Crippen molar-refractivity contribution in [2.45, 2.75) is 38.8 Å². The number of carbonyl (C=O) groups excluding carboxylic acids is 1. The lowest BCUT2D eigenvalue weighted by molar-refractivity contribution is -0.135. The van der Waals surface area contributed by atoms with Crippen LogP contribution in [-0.2, 0) is 4.79 Å². The molecule has 0 spiro atoms. The highest BCUT2D eigenvalue weighted by molar-refractivity contribution is 6.35. The Morgan fingerprint density at radius 3 is 2.76 bits per heavy atom. The lowest BCUT2D eigenvalue weighted by Gasteiger charge is -2.35. The predicted octanol–water partition coefficient (Wildman–Crippen LogP) is 3.90. The molecule has 1 aromatic rings. The summed E-state index contributed by atoms with van der Waals surface area (Å²) in [5.41, 5.74) is 0.917. The second-order valence-corrected chi connectivity index (χ2v) is 6.69. The average molecular weight is 329 g/mol. The maximum absolute atomic E-state index is 12.7. The highest BCUT2D eigenvalue weighted by Crippen LogP contribution is 2.30. The van der Waals surface area contributed by atoms with Gasteiger partial charge in [-0.1, -0.05) is 36.2 Å². The molecule has 21 heavy (non-hydrogen) atoms. The van der Waals surface area contributed by atoms with Crippen LogP contribution >= 0.6 is 23.2 Å². The van der Waals surface area contributed by atoms with Gasteiger partial charge in [0.1, 0.15) is 0 Å². The van der Waals surface area contributed by atoms with Crippen LogP contribution in [0.2, 0.25) is 10.0 Å². The van der Waals surface area contributed by atoms with Crippen molar-refractivity contribution in [3.63, 3.8) is 0 Å². The number of amides is 1. The summed E-state index contributed by atoms with van der Waals surface area (Å²) in [6.07, 6.45) is 2.22. The molecule has 3 nitrogen and oxygen atoms in total. The number of carbonyl (C=O) groups is 1. The van der Waals surface area contributed by atoms with Crippen LogP contribution in [0.4, 0.5) is 0 Å². The van der Waals surface area contributed by atoms with Gasteiger partial charge in [0.2, 0.25) is 5.91 Å². The van der Waals surface area contributed by atoms with E-state index in [0.29, 0.717) is 16.0 Å². The molecule has 1 aromatic carbocycles. The summed E-state index contributed by atoms with van der Waals surface area (Å²) < 4.78 is 0. The Balaban J connectivity index is 2.14. The van der Waals surface area contributed by atoms with E-state index >= 15 is 0 Å². The minimum atomic E-state index is -0.0997. The quantitative estimate of drug-likeness (QED) is 0.912. The zero-order valence-corrected chi connectivity index (χ0v) is 14.2. The summed E-state index contributed by atoms with van der Waals surface area (Å²) in [6.45, 7) is 5.02. The van der Waals surface area contributed by atoms with Crippen molar-refractivity contribution >= 4 is 29.1 Å². The van der Waals surface area contributed by atoms with E-state index in [1.54, 1.807) is 17.0 Å². The fraction of sp³-hybridized carbons (Fsp3) is 0.562. The summed E-state index contributed by atoms with van der Waals surface area (Å²) >= 11 is 12.2. The van der Waals surface area contributed by atoms with Crippen LogP contribution in [0.15, 0.2) is 18.2 Å². The van der Waals surface area contributed by atoms with E-state index in [1.807, 2.05) is 20.0 Å². The van der Waals surface area contributed by atoms with Gasteiger partial charge < -0.3 is 10.2 Å². The third-order valence-electron chi connectivity index (χ3n) is 4.38. The van der Waals surface area contributed by atoms with Gasteiger partial charge in [0, 0.05) is 17.1 Å². The molecule has 1 fully saturated rings. The fourth-order valence-corrected chi connectivity index (χ4v) is 3.41. The number of nitrogens with zero attached hydrogens (tertiary/aromatic N) is 1. The minimum absolute atomic E-state index is 0.0850. The van der Waals surface area contributed by atoms with Crippen LogP contribution < -0.4 is 5.32 Å². The number of hydrogen-bond donors (Lipinski definition) is 1. The van der Waals surface area contributed by atoms with Gasteiger partial charge in [-0.2, -0.15) is 0 Å². The number of benzene rings is 1. The molecule has 0 bridgehead atoms. The molecule has 1 saturated heterocycles. The van der Waals surface area contributed by atoms with Crippen LogP contribution in [0.3, 0.4) is 0 Å². The highest BCUT2D eigenvalue weighted by atomic mass is 35.5. The predicted molar refractivity (Wildman–Crippen MR) is 87.8 cm³/mol. The molecule has 0 saturated carbocycles. The summed E-state index contributed by atoms with van der Waals surface area (Å²) in [7, 11) is 1.83. The summed E-state index contributed by atoms with van der Waals surface area (Å²) in [5, 5.41) is 4.54. The summed E-state index contributed by atoms with van der Waals surface area (Å²) in [5.74, 6) is 0.488. The molecule has 1 N–H and O–H groups in total. The standard InChI is InChI=1S/C16H22Cl2N2O/c1-10-5-4-8-19-15(10)16(21)20(3)11(2)13-7-6-12(17)9-14(13)18/h6-7,9-11,15,19H,4-5,8H2,1-3H3.